The average molecular weight is 258 g/mol. The molecule has 4 nitrogen and oxygen atoms in total. The molecular formula is C14H26O4. The quantitative estimate of drug-likeness (QED) is 0.772. The van der Waals surface area contributed by atoms with Crippen LogP contribution in [0.5, 0.6) is 0 Å². The Morgan fingerprint density at radius 1 is 1.44 bits per heavy atom. The highest BCUT2D eigenvalue weighted by Crippen LogP contribution is 2.35. The maximum absolute atomic E-state index is 9.69. The van der Waals surface area contributed by atoms with Gasteiger partial charge in [-0.2, -0.15) is 0 Å². The molecule has 0 aromatic carbocycles. The molecule has 2 rings (SSSR count). The summed E-state index contributed by atoms with van der Waals surface area (Å²) in [6.45, 7) is 12.5. The van der Waals surface area contributed by atoms with Crippen LogP contribution in [-0.2, 0) is 14.2 Å². The van der Waals surface area contributed by atoms with E-state index >= 15 is 0 Å². The highest BCUT2D eigenvalue weighted by atomic mass is 16.7. The van der Waals surface area contributed by atoms with Crippen LogP contribution >= 0.6 is 0 Å². The fourth-order valence-electron chi connectivity index (χ4n) is 1.93. The van der Waals surface area contributed by atoms with Gasteiger partial charge in [-0.15, -0.1) is 6.58 Å². The average Bonchev–Trinajstić information content (AvgIpc) is 2.88. The molecule has 4 heteroatoms. The molecule has 0 aromatic heterocycles. The molecule has 0 amide bonds. The van der Waals surface area contributed by atoms with Crippen LogP contribution in [0.25, 0.3) is 0 Å². The highest BCUT2D eigenvalue weighted by molar-refractivity contribution is 5.01. The number of rotatable bonds is 2. The van der Waals surface area contributed by atoms with Crippen molar-refractivity contribution >= 4 is 0 Å². The minimum Gasteiger partial charge on any atom is -0.388 e. The first-order valence-electron chi connectivity index (χ1n) is 6.50. The van der Waals surface area contributed by atoms with E-state index in [-0.39, 0.29) is 11.7 Å². The molecule has 3 unspecified atom stereocenters. The number of hydrogen-bond donors (Lipinski definition) is 1. The third-order valence-corrected chi connectivity index (χ3v) is 3.32. The lowest BCUT2D eigenvalue weighted by atomic mass is 9.97. The summed E-state index contributed by atoms with van der Waals surface area (Å²) in [6.07, 6.45) is 3.95. The predicted octanol–water partition coefficient (Wildman–Crippen LogP) is 2.26. The Bertz CT molecular complexity index is 265. The summed E-state index contributed by atoms with van der Waals surface area (Å²) in [6, 6.07) is 0. The molecule has 0 saturated carbocycles. The van der Waals surface area contributed by atoms with E-state index in [9.17, 15) is 5.11 Å². The Hall–Kier alpha value is -0.420. The Kier molecular flexibility index (Phi) is 5.34. The van der Waals surface area contributed by atoms with E-state index in [1.807, 2.05) is 19.9 Å². The molecular weight excluding hydrogens is 232 g/mol. The lowest BCUT2D eigenvalue weighted by Gasteiger charge is -2.28. The zero-order chi connectivity index (χ0) is 13.8. The molecule has 0 radical (unpaired) electrons. The summed E-state index contributed by atoms with van der Waals surface area (Å²) < 4.78 is 15.5. The predicted molar refractivity (Wildman–Crippen MR) is 70.4 cm³/mol. The molecule has 18 heavy (non-hydrogen) atoms. The van der Waals surface area contributed by atoms with Crippen LogP contribution in [-0.4, -0.2) is 41.9 Å². The minimum atomic E-state index is -0.735. The summed E-state index contributed by atoms with van der Waals surface area (Å²) in [7, 11) is 0. The van der Waals surface area contributed by atoms with Gasteiger partial charge in [-0.25, -0.2) is 0 Å². The fraction of sp³-hybridized carbons (Fsp3) is 0.857. The van der Waals surface area contributed by atoms with Gasteiger partial charge in [0.2, 0.25) is 0 Å². The van der Waals surface area contributed by atoms with Crippen LogP contribution < -0.4 is 0 Å². The van der Waals surface area contributed by atoms with E-state index in [0.29, 0.717) is 12.9 Å². The zero-order valence-corrected chi connectivity index (χ0v) is 11.9. The third kappa shape index (κ3) is 4.69. The van der Waals surface area contributed by atoms with E-state index in [4.69, 9.17) is 14.2 Å². The molecule has 1 N–H and O–H groups in total. The number of hydrogen-bond acceptors (Lipinski definition) is 4. The van der Waals surface area contributed by atoms with Crippen molar-refractivity contribution in [2.24, 2.45) is 0 Å². The van der Waals surface area contributed by atoms with Gasteiger partial charge in [0.25, 0.3) is 0 Å². The van der Waals surface area contributed by atoms with Gasteiger partial charge in [-0.05, 0) is 40.5 Å². The summed E-state index contributed by atoms with van der Waals surface area (Å²) in [5.74, 6) is 0. The second-order valence-electron chi connectivity index (χ2n) is 5.78. The summed E-state index contributed by atoms with van der Waals surface area (Å²) in [5.41, 5.74) is -0.967. The second kappa shape index (κ2) is 6.15. The van der Waals surface area contributed by atoms with Crippen molar-refractivity contribution in [2.75, 3.05) is 13.4 Å². The highest BCUT2D eigenvalue weighted by Gasteiger charge is 2.40. The lowest BCUT2D eigenvalue weighted by molar-refractivity contribution is -0.0997. The van der Waals surface area contributed by atoms with Gasteiger partial charge in [0.1, 0.15) is 6.79 Å². The third-order valence-electron chi connectivity index (χ3n) is 3.32. The van der Waals surface area contributed by atoms with Crippen LogP contribution in [0.15, 0.2) is 12.7 Å². The van der Waals surface area contributed by atoms with Crippen molar-refractivity contribution in [3.63, 3.8) is 0 Å². The van der Waals surface area contributed by atoms with Crippen LogP contribution in [0.2, 0.25) is 0 Å². The SMILES string of the molecule is C=CC1(C)CCC(C(C)(C)O)O1.CC1COCO1. The molecule has 2 aliphatic rings. The Morgan fingerprint density at radius 2 is 2.11 bits per heavy atom. The largest absolute Gasteiger partial charge is 0.388 e. The molecule has 3 atom stereocenters. The molecule has 2 fully saturated rings. The van der Waals surface area contributed by atoms with Crippen molar-refractivity contribution < 1.29 is 19.3 Å². The van der Waals surface area contributed by atoms with E-state index in [0.717, 1.165) is 19.4 Å². The van der Waals surface area contributed by atoms with Gasteiger partial charge in [0, 0.05) is 0 Å². The first-order chi connectivity index (χ1) is 8.27. The maximum atomic E-state index is 9.69. The summed E-state index contributed by atoms with van der Waals surface area (Å²) >= 11 is 0. The van der Waals surface area contributed by atoms with Gasteiger partial charge < -0.3 is 19.3 Å². The van der Waals surface area contributed by atoms with Gasteiger partial charge >= 0.3 is 0 Å². The topological polar surface area (TPSA) is 47.9 Å². The zero-order valence-electron chi connectivity index (χ0n) is 11.9. The molecule has 0 aromatic rings. The van der Waals surface area contributed by atoms with Crippen LogP contribution in [0.1, 0.15) is 40.5 Å². The summed E-state index contributed by atoms with van der Waals surface area (Å²) in [4.78, 5) is 0. The van der Waals surface area contributed by atoms with Gasteiger partial charge in [0.05, 0.1) is 30.0 Å². The van der Waals surface area contributed by atoms with E-state index < -0.39 is 5.60 Å². The molecule has 0 aliphatic carbocycles. The Labute approximate surface area is 110 Å². The molecule has 2 heterocycles. The molecule has 2 aliphatic heterocycles. The normalized spacial score (nSPS) is 36.1. The van der Waals surface area contributed by atoms with E-state index in [2.05, 4.69) is 6.58 Å². The van der Waals surface area contributed by atoms with Crippen molar-refractivity contribution in [2.45, 2.75) is 63.9 Å². The molecule has 106 valence electrons. The van der Waals surface area contributed by atoms with Gasteiger partial charge in [-0.3, -0.25) is 0 Å². The number of aliphatic hydroxyl groups is 1. The second-order valence-corrected chi connectivity index (χ2v) is 5.78. The Balaban J connectivity index is 0.000000225. The molecule has 0 spiro atoms. The lowest BCUT2D eigenvalue weighted by Crippen LogP contribution is -2.37. The van der Waals surface area contributed by atoms with Crippen molar-refractivity contribution in [3.8, 4) is 0 Å². The minimum absolute atomic E-state index is 0.0551. The summed E-state index contributed by atoms with van der Waals surface area (Å²) in [5, 5.41) is 9.69. The van der Waals surface area contributed by atoms with Crippen molar-refractivity contribution in [1.29, 1.82) is 0 Å². The van der Waals surface area contributed by atoms with E-state index in [1.165, 1.54) is 0 Å². The fourth-order valence-corrected chi connectivity index (χ4v) is 1.93. The number of ether oxygens (including phenoxy) is 3. The van der Waals surface area contributed by atoms with Crippen LogP contribution in [0, 0.1) is 0 Å². The maximum Gasteiger partial charge on any atom is 0.147 e. The van der Waals surface area contributed by atoms with E-state index in [1.54, 1.807) is 13.8 Å². The van der Waals surface area contributed by atoms with Gasteiger partial charge in [-0.1, -0.05) is 6.08 Å². The molecule has 2 saturated heterocycles. The van der Waals surface area contributed by atoms with Gasteiger partial charge in [0.15, 0.2) is 0 Å². The van der Waals surface area contributed by atoms with Crippen molar-refractivity contribution in [3.05, 3.63) is 12.7 Å². The monoisotopic (exact) mass is 258 g/mol. The van der Waals surface area contributed by atoms with Crippen molar-refractivity contribution in [1.82, 2.24) is 0 Å². The first-order valence-corrected chi connectivity index (χ1v) is 6.50. The Morgan fingerprint density at radius 3 is 2.33 bits per heavy atom. The standard InChI is InChI=1S/C10H18O2.C4H8O2/c1-5-10(4)7-6-8(12-10)9(2,3)11;1-4-2-5-3-6-4/h5,8,11H,1,6-7H2,2-4H3;4H,2-3H2,1H3. The first kappa shape index (κ1) is 15.6. The van der Waals surface area contributed by atoms with Crippen LogP contribution in [0.4, 0.5) is 0 Å². The molecule has 0 bridgehead atoms. The smallest absolute Gasteiger partial charge is 0.147 e. The van der Waals surface area contributed by atoms with Crippen LogP contribution in [0.3, 0.4) is 0 Å².